The molecule has 1 unspecified atom stereocenters. The van der Waals surface area contributed by atoms with Gasteiger partial charge in [-0.2, -0.15) is 0 Å². The Labute approximate surface area is 96.5 Å². The Bertz CT molecular complexity index is 332. The minimum atomic E-state index is 0.0885. The molecule has 1 aromatic carbocycles. The molecule has 0 aliphatic heterocycles. The molecule has 2 N–H and O–H groups in total. The number of carbonyl (C=O) groups is 1. The van der Waals surface area contributed by atoms with E-state index in [1.165, 1.54) is 0 Å². The summed E-state index contributed by atoms with van der Waals surface area (Å²) in [6, 6.07) is 7.29. The summed E-state index contributed by atoms with van der Waals surface area (Å²) >= 11 is 0. The molecule has 0 bridgehead atoms. The number of aromatic hydroxyl groups is 1. The maximum Gasteiger partial charge on any atom is 0.219 e. The van der Waals surface area contributed by atoms with E-state index in [2.05, 4.69) is 12.2 Å². The van der Waals surface area contributed by atoms with Crippen LogP contribution in [0.2, 0.25) is 0 Å². The molecular weight excluding hydrogens is 202 g/mol. The highest BCUT2D eigenvalue weighted by Crippen LogP contribution is 2.12. The van der Waals surface area contributed by atoms with Crippen molar-refractivity contribution < 1.29 is 9.90 Å². The Morgan fingerprint density at radius 3 is 2.44 bits per heavy atom. The summed E-state index contributed by atoms with van der Waals surface area (Å²) in [6.07, 6.45) is 2.24. The van der Waals surface area contributed by atoms with Gasteiger partial charge in [-0.05, 0) is 30.5 Å². The van der Waals surface area contributed by atoms with Gasteiger partial charge in [0.05, 0.1) is 0 Å². The fraction of sp³-hybridized carbons (Fsp3) is 0.462. The lowest BCUT2D eigenvalue weighted by molar-refractivity contribution is -0.121. The summed E-state index contributed by atoms with van der Waals surface area (Å²) in [5.74, 6) is 0.361. The van der Waals surface area contributed by atoms with E-state index in [1.807, 2.05) is 19.1 Å². The van der Waals surface area contributed by atoms with Crippen molar-refractivity contribution in [2.24, 2.45) is 0 Å². The largest absolute Gasteiger partial charge is 0.508 e. The van der Waals surface area contributed by atoms with Gasteiger partial charge in [0.1, 0.15) is 5.75 Å². The first-order valence-corrected chi connectivity index (χ1v) is 5.73. The molecule has 0 aliphatic carbocycles. The van der Waals surface area contributed by atoms with E-state index in [0.717, 1.165) is 18.4 Å². The molecule has 0 aromatic heterocycles. The maximum absolute atomic E-state index is 11.3. The molecule has 1 amide bonds. The number of phenols is 1. The number of amides is 1. The second-order valence-corrected chi connectivity index (χ2v) is 3.90. The lowest BCUT2D eigenvalue weighted by atomic mass is 10.0. The van der Waals surface area contributed by atoms with Crippen molar-refractivity contribution in [2.75, 3.05) is 0 Å². The topological polar surface area (TPSA) is 49.3 Å². The van der Waals surface area contributed by atoms with Gasteiger partial charge in [-0.1, -0.05) is 26.0 Å². The number of hydrogen-bond donors (Lipinski definition) is 2. The van der Waals surface area contributed by atoms with Crippen LogP contribution in [0.4, 0.5) is 0 Å². The maximum atomic E-state index is 11.3. The van der Waals surface area contributed by atoms with Crippen LogP contribution in [0.1, 0.15) is 32.3 Å². The minimum absolute atomic E-state index is 0.0885. The quantitative estimate of drug-likeness (QED) is 0.801. The van der Waals surface area contributed by atoms with Gasteiger partial charge < -0.3 is 10.4 Å². The number of nitrogens with one attached hydrogen (secondary N) is 1. The number of rotatable bonds is 5. The molecule has 0 fully saturated rings. The lowest BCUT2D eigenvalue weighted by Gasteiger charge is -2.16. The molecule has 3 nitrogen and oxygen atoms in total. The number of phenolic OH excluding ortho intramolecular Hbond substituents is 1. The Morgan fingerprint density at radius 1 is 1.31 bits per heavy atom. The monoisotopic (exact) mass is 221 g/mol. The van der Waals surface area contributed by atoms with E-state index in [0.29, 0.717) is 6.42 Å². The standard InChI is InChI=1S/C13H19NO2/c1-3-11(14-13(16)4-2)9-10-5-7-12(15)8-6-10/h5-8,11,15H,3-4,9H2,1-2H3,(H,14,16). The van der Waals surface area contributed by atoms with Crippen LogP contribution in [0.5, 0.6) is 5.75 Å². The summed E-state index contributed by atoms with van der Waals surface area (Å²) in [4.78, 5) is 11.3. The fourth-order valence-corrected chi connectivity index (χ4v) is 1.54. The first-order chi connectivity index (χ1) is 7.65. The molecule has 0 saturated heterocycles. The molecule has 0 aliphatic rings. The Morgan fingerprint density at radius 2 is 1.94 bits per heavy atom. The molecule has 1 atom stereocenters. The number of hydrogen-bond acceptors (Lipinski definition) is 2. The Kier molecular flexibility index (Phi) is 4.83. The average Bonchev–Trinajstić information content (AvgIpc) is 2.30. The van der Waals surface area contributed by atoms with Crippen LogP contribution >= 0.6 is 0 Å². The minimum Gasteiger partial charge on any atom is -0.508 e. The zero-order valence-electron chi connectivity index (χ0n) is 9.86. The van der Waals surface area contributed by atoms with E-state index < -0.39 is 0 Å². The van der Waals surface area contributed by atoms with Crippen molar-refractivity contribution in [3.63, 3.8) is 0 Å². The van der Waals surface area contributed by atoms with Crippen molar-refractivity contribution in [1.82, 2.24) is 5.32 Å². The van der Waals surface area contributed by atoms with Crippen molar-refractivity contribution in [2.45, 2.75) is 39.2 Å². The summed E-state index contributed by atoms with van der Waals surface area (Å²) in [5.41, 5.74) is 1.13. The molecule has 0 heterocycles. The van der Waals surface area contributed by atoms with Crippen molar-refractivity contribution in [3.8, 4) is 5.75 Å². The summed E-state index contributed by atoms with van der Waals surface area (Å²) in [7, 11) is 0. The number of benzene rings is 1. The van der Waals surface area contributed by atoms with Crippen molar-refractivity contribution in [3.05, 3.63) is 29.8 Å². The molecule has 88 valence electrons. The first-order valence-electron chi connectivity index (χ1n) is 5.73. The molecule has 1 aromatic rings. The van der Waals surface area contributed by atoms with Crippen LogP contribution in [0.25, 0.3) is 0 Å². The van der Waals surface area contributed by atoms with E-state index in [9.17, 15) is 4.79 Å². The third-order valence-electron chi connectivity index (χ3n) is 2.60. The van der Waals surface area contributed by atoms with Gasteiger partial charge in [0.2, 0.25) is 5.91 Å². The van der Waals surface area contributed by atoms with Crippen LogP contribution < -0.4 is 5.32 Å². The Hall–Kier alpha value is -1.51. The molecule has 1 rings (SSSR count). The molecule has 16 heavy (non-hydrogen) atoms. The second kappa shape index (κ2) is 6.16. The van der Waals surface area contributed by atoms with Crippen molar-refractivity contribution >= 4 is 5.91 Å². The van der Waals surface area contributed by atoms with Gasteiger partial charge in [0.15, 0.2) is 0 Å². The summed E-state index contributed by atoms with van der Waals surface area (Å²) in [6.45, 7) is 3.91. The molecule has 0 radical (unpaired) electrons. The molecule has 0 spiro atoms. The third-order valence-corrected chi connectivity index (χ3v) is 2.60. The molecule has 3 heteroatoms. The predicted molar refractivity (Wildman–Crippen MR) is 64.3 cm³/mol. The lowest BCUT2D eigenvalue weighted by Crippen LogP contribution is -2.35. The highest BCUT2D eigenvalue weighted by atomic mass is 16.3. The van der Waals surface area contributed by atoms with Gasteiger partial charge >= 0.3 is 0 Å². The number of carbonyl (C=O) groups excluding carboxylic acids is 1. The zero-order chi connectivity index (χ0) is 12.0. The first kappa shape index (κ1) is 12.6. The second-order valence-electron chi connectivity index (χ2n) is 3.90. The van der Waals surface area contributed by atoms with Gasteiger partial charge in [-0.25, -0.2) is 0 Å². The van der Waals surface area contributed by atoms with Gasteiger partial charge in [0.25, 0.3) is 0 Å². The normalized spacial score (nSPS) is 12.1. The average molecular weight is 221 g/mol. The van der Waals surface area contributed by atoms with Gasteiger partial charge in [0, 0.05) is 12.5 Å². The van der Waals surface area contributed by atoms with Gasteiger partial charge in [-0.15, -0.1) is 0 Å². The summed E-state index contributed by atoms with van der Waals surface area (Å²) in [5, 5.41) is 12.1. The predicted octanol–water partition coefficient (Wildman–Crippen LogP) is 2.24. The summed E-state index contributed by atoms with van der Waals surface area (Å²) < 4.78 is 0. The fourth-order valence-electron chi connectivity index (χ4n) is 1.54. The van der Waals surface area contributed by atoms with E-state index in [-0.39, 0.29) is 17.7 Å². The smallest absolute Gasteiger partial charge is 0.219 e. The third kappa shape index (κ3) is 3.93. The zero-order valence-corrected chi connectivity index (χ0v) is 9.86. The van der Waals surface area contributed by atoms with E-state index in [1.54, 1.807) is 12.1 Å². The SMILES string of the molecule is CCC(=O)NC(CC)Cc1ccc(O)cc1. The van der Waals surface area contributed by atoms with Crippen LogP contribution in [0.15, 0.2) is 24.3 Å². The van der Waals surface area contributed by atoms with Crippen molar-refractivity contribution in [1.29, 1.82) is 0 Å². The van der Waals surface area contributed by atoms with Gasteiger partial charge in [-0.3, -0.25) is 4.79 Å². The highest BCUT2D eigenvalue weighted by Gasteiger charge is 2.09. The van der Waals surface area contributed by atoms with Crippen LogP contribution in [0.3, 0.4) is 0 Å². The Balaban J connectivity index is 2.56. The van der Waals surface area contributed by atoms with E-state index in [4.69, 9.17) is 5.11 Å². The van der Waals surface area contributed by atoms with Crippen LogP contribution in [-0.2, 0) is 11.2 Å². The van der Waals surface area contributed by atoms with E-state index >= 15 is 0 Å². The molecule has 0 saturated carbocycles. The molecular formula is C13H19NO2. The van der Waals surface area contributed by atoms with Crippen LogP contribution in [-0.4, -0.2) is 17.1 Å². The van der Waals surface area contributed by atoms with Crippen LogP contribution in [0, 0.1) is 0 Å². The highest BCUT2D eigenvalue weighted by molar-refractivity contribution is 5.75.